The van der Waals surface area contributed by atoms with E-state index in [-0.39, 0.29) is 11.8 Å². The maximum atomic E-state index is 13.9. The molecule has 4 aromatic rings. The highest BCUT2D eigenvalue weighted by Crippen LogP contribution is 2.43. The lowest BCUT2D eigenvalue weighted by Gasteiger charge is -2.36. The molecule has 0 bridgehead atoms. The Morgan fingerprint density at radius 3 is 2.37 bits per heavy atom. The first-order valence-electron chi connectivity index (χ1n) is 13.7. The molecule has 0 unspecified atom stereocenters. The average Bonchev–Trinajstić information content (AvgIpc) is 3.00. The van der Waals surface area contributed by atoms with Crippen LogP contribution < -0.4 is 9.80 Å². The molecule has 2 aliphatic rings. The maximum Gasteiger partial charge on any atom is 0.265 e. The highest BCUT2D eigenvalue weighted by atomic mass is 35.5. The zero-order valence-corrected chi connectivity index (χ0v) is 24.4. The second-order valence-corrected chi connectivity index (χ2v) is 11.9. The minimum absolute atomic E-state index is 0.0119. The van der Waals surface area contributed by atoms with Gasteiger partial charge in [-0.3, -0.25) is 9.59 Å². The van der Waals surface area contributed by atoms with Gasteiger partial charge in [-0.2, -0.15) is 0 Å². The van der Waals surface area contributed by atoms with Gasteiger partial charge in [0.25, 0.3) is 11.8 Å². The van der Waals surface area contributed by atoms with Crippen molar-refractivity contribution in [3.63, 3.8) is 0 Å². The Morgan fingerprint density at radius 1 is 0.878 bits per heavy atom. The molecule has 1 fully saturated rings. The Kier molecular flexibility index (Phi) is 7.86. The fourth-order valence-electron chi connectivity index (χ4n) is 5.30. The van der Waals surface area contributed by atoms with Crippen molar-refractivity contribution in [2.45, 2.75) is 18.4 Å². The molecule has 1 saturated heterocycles. The molecule has 0 radical (unpaired) electrons. The van der Waals surface area contributed by atoms with E-state index in [2.05, 4.69) is 24.0 Å². The average molecular weight is 580 g/mol. The van der Waals surface area contributed by atoms with Crippen molar-refractivity contribution < 1.29 is 9.59 Å². The third kappa shape index (κ3) is 6.04. The summed E-state index contributed by atoms with van der Waals surface area (Å²) in [7, 11) is 0. The van der Waals surface area contributed by atoms with Crippen molar-refractivity contribution in [2.24, 2.45) is 0 Å². The van der Waals surface area contributed by atoms with Crippen LogP contribution in [0.3, 0.4) is 0 Å². The van der Waals surface area contributed by atoms with E-state index in [0.29, 0.717) is 35.1 Å². The number of rotatable bonds is 5. The Bertz CT molecular complexity index is 1610. The van der Waals surface area contributed by atoms with Crippen LogP contribution in [0.4, 0.5) is 11.4 Å². The summed E-state index contributed by atoms with van der Waals surface area (Å²) in [5.41, 5.74) is 5.65. The van der Waals surface area contributed by atoms with Gasteiger partial charge in [0.1, 0.15) is 0 Å². The highest BCUT2D eigenvalue weighted by Gasteiger charge is 2.31. The Morgan fingerprint density at radius 2 is 1.63 bits per heavy atom. The van der Waals surface area contributed by atoms with Crippen LogP contribution in [-0.2, 0) is 11.3 Å². The summed E-state index contributed by atoms with van der Waals surface area (Å²) in [6.45, 7) is 5.24. The maximum absolute atomic E-state index is 13.9. The third-order valence-electron chi connectivity index (χ3n) is 7.45. The second-order valence-electron chi connectivity index (χ2n) is 10.3. The molecule has 0 N–H and O–H groups in total. The zero-order valence-electron chi connectivity index (χ0n) is 22.8. The molecule has 41 heavy (non-hydrogen) atoms. The fourth-order valence-corrected chi connectivity index (χ4v) is 6.46. The van der Waals surface area contributed by atoms with E-state index in [1.54, 1.807) is 0 Å². The summed E-state index contributed by atoms with van der Waals surface area (Å²) in [5.74, 6) is -0.0730. The minimum Gasteiger partial charge on any atom is -0.368 e. The summed E-state index contributed by atoms with van der Waals surface area (Å²) in [6, 6.07) is 31.7. The topological polar surface area (TPSA) is 43.9 Å². The first-order valence-corrected chi connectivity index (χ1v) is 14.9. The highest BCUT2D eigenvalue weighted by molar-refractivity contribution is 8.04. The normalized spacial score (nSPS) is 16.2. The van der Waals surface area contributed by atoms with Crippen molar-refractivity contribution in [3.05, 3.63) is 129 Å². The van der Waals surface area contributed by atoms with Gasteiger partial charge in [-0.1, -0.05) is 83.5 Å². The number of hydrogen-bond acceptors (Lipinski definition) is 4. The van der Waals surface area contributed by atoms with Crippen LogP contribution in [0.25, 0.3) is 6.08 Å². The van der Waals surface area contributed by atoms with E-state index in [0.717, 1.165) is 46.1 Å². The number of fused-ring (bicyclic) bond motifs is 1. The Balaban J connectivity index is 1.27. The Hall–Kier alpha value is -4.00. The Labute approximate surface area is 250 Å². The molecule has 5 nitrogen and oxygen atoms in total. The van der Waals surface area contributed by atoms with Gasteiger partial charge in [-0.25, -0.2) is 0 Å². The van der Waals surface area contributed by atoms with Crippen molar-refractivity contribution in [1.29, 1.82) is 0 Å². The van der Waals surface area contributed by atoms with Crippen LogP contribution in [0.15, 0.2) is 107 Å². The number of halogens is 1. The van der Waals surface area contributed by atoms with Gasteiger partial charge in [-0.15, -0.1) is 0 Å². The second kappa shape index (κ2) is 11.9. The molecule has 0 aliphatic carbocycles. The monoisotopic (exact) mass is 579 g/mol. The largest absolute Gasteiger partial charge is 0.368 e. The van der Waals surface area contributed by atoms with Crippen LogP contribution in [0.1, 0.15) is 27.0 Å². The number of carbonyl (C=O) groups excluding carboxylic acids is 2. The number of carbonyl (C=O) groups is 2. The summed E-state index contributed by atoms with van der Waals surface area (Å²) in [6.07, 6.45) is 1.94. The quantitative estimate of drug-likeness (QED) is 0.233. The lowest BCUT2D eigenvalue weighted by molar-refractivity contribution is -0.114. The van der Waals surface area contributed by atoms with Gasteiger partial charge < -0.3 is 14.7 Å². The van der Waals surface area contributed by atoms with Crippen LogP contribution in [0, 0.1) is 6.92 Å². The van der Waals surface area contributed by atoms with Gasteiger partial charge in [0.15, 0.2) is 0 Å². The fraction of sp³-hybridized carbons (Fsp3) is 0.176. The molecule has 6 rings (SSSR count). The molecule has 0 aromatic heterocycles. The number of aryl methyl sites for hydroxylation is 1. The number of amides is 2. The first kappa shape index (κ1) is 27.2. The van der Waals surface area contributed by atoms with E-state index in [1.807, 2.05) is 101 Å². The van der Waals surface area contributed by atoms with E-state index < -0.39 is 0 Å². The number of hydrogen-bond donors (Lipinski definition) is 0. The van der Waals surface area contributed by atoms with Gasteiger partial charge in [0.2, 0.25) is 0 Å². The van der Waals surface area contributed by atoms with Crippen molar-refractivity contribution in [1.82, 2.24) is 4.90 Å². The first-order chi connectivity index (χ1) is 19.9. The van der Waals surface area contributed by atoms with Gasteiger partial charge in [0.05, 0.1) is 17.1 Å². The number of thioether (sulfide) groups is 1. The van der Waals surface area contributed by atoms with Crippen LogP contribution in [0.5, 0.6) is 0 Å². The summed E-state index contributed by atoms with van der Waals surface area (Å²) in [4.78, 5) is 35.1. The van der Waals surface area contributed by atoms with Gasteiger partial charge in [0, 0.05) is 47.3 Å². The van der Waals surface area contributed by atoms with E-state index in [9.17, 15) is 9.59 Å². The molecule has 4 aromatic carbocycles. The molecule has 206 valence electrons. The predicted molar refractivity (Wildman–Crippen MR) is 169 cm³/mol. The molecule has 0 atom stereocenters. The van der Waals surface area contributed by atoms with Crippen LogP contribution >= 0.6 is 23.4 Å². The van der Waals surface area contributed by atoms with Gasteiger partial charge in [-0.05, 0) is 66.6 Å². The van der Waals surface area contributed by atoms with Gasteiger partial charge >= 0.3 is 0 Å². The molecule has 2 amide bonds. The zero-order chi connectivity index (χ0) is 28.3. The third-order valence-corrected chi connectivity index (χ3v) is 8.78. The lowest BCUT2D eigenvalue weighted by Crippen LogP contribution is -2.48. The molecule has 0 saturated carbocycles. The molecule has 2 aliphatic heterocycles. The lowest BCUT2D eigenvalue weighted by atomic mass is 10.1. The number of piperazine rings is 1. The molecule has 2 heterocycles. The summed E-state index contributed by atoms with van der Waals surface area (Å²) >= 11 is 7.51. The predicted octanol–water partition coefficient (Wildman–Crippen LogP) is 7.29. The summed E-state index contributed by atoms with van der Waals surface area (Å²) < 4.78 is 0. The van der Waals surface area contributed by atoms with Crippen molar-refractivity contribution in [2.75, 3.05) is 36.0 Å². The molecule has 7 heteroatoms. The van der Waals surface area contributed by atoms with Crippen LogP contribution in [0.2, 0.25) is 5.02 Å². The van der Waals surface area contributed by atoms with Crippen molar-refractivity contribution >= 4 is 52.6 Å². The SMILES string of the molecule is Cc1cccc(CN2C(=O)/C(=C/c3ccccc3)Sc3ccc(C(=O)N4CCN(c5ccc(Cl)cc5)CC4)cc32)c1. The standard InChI is InChI=1S/C34H30ClN3O2S/c1-24-6-5-9-26(20-24)23-38-30-22-27(10-15-31(30)41-32(34(38)40)21-25-7-3-2-4-8-25)33(39)37-18-16-36(17-19-37)29-13-11-28(35)12-14-29/h2-15,20-22H,16-19,23H2,1H3/b32-21-. The number of benzene rings is 4. The minimum atomic E-state index is -0.0611. The van der Waals surface area contributed by atoms with E-state index >= 15 is 0 Å². The summed E-state index contributed by atoms with van der Waals surface area (Å²) in [5, 5.41) is 0.714. The molecular formula is C34H30ClN3O2S. The van der Waals surface area contributed by atoms with E-state index in [1.165, 1.54) is 11.8 Å². The smallest absolute Gasteiger partial charge is 0.265 e. The molecule has 0 spiro atoms. The van der Waals surface area contributed by atoms with Crippen molar-refractivity contribution in [3.8, 4) is 0 Å². The number of nitrogens with zero attached hydrogens (tertiary/aromatic N) is 3. The molecular weight excluding hydrogens is 550 g/mol. The van der Waals surface area contributed by atoms with Crippen LogP contribution in [-0.4, -0.2) is 42.9 Å². The number of anilines is 2. The van der Waals surface area contributed by atoms with E-state index in [4.69, 9.17) is 11.6 Å².